The number of halogens is 1. The van der Waals surface area contributed by atoms with Crippen LogP contribution in [0.3, 0.4) is 0 Å². The summed E-state index contributed by atoms with van der Waals surface area (Å²) in [5, 5.41) is 3.64. The van der Waals surface area contributed by atoms with Crippen molar-refractivity contribution in [3.8, 4) is 0 Å². The minimum absolute atomic E-state index is 0.0114. The van der Waals surface area contributed by atoms with Gasteiger partial charge in [-0.2, -0.15) is 0 Å². The van der Waals surface area contributed by atoms with Crippen molar-refractivity contribution < 1.29 is 14.3 Å². The van der Waals surface area contributed by atoms with E-state index in [1.54, 1.807) is 11.8 Å². The number of ether oxygens (including phenoxy) is 1. The molecule has 1 aliphatic rings. The first kappa shape index (κ1) is 18.7. The van der Waals surface area contributed by atoms with Gasteiger partial charge in [0.1, 0.15) is 0 Å². The second kappa shape index (κ2) is 9.64. The van der Waals surface area contributed by atoms with Gasteiger partial charge in [0.2, 0.25) is 11.8 Å². The quantitative estimate of drug-likeness (QED) is 0.819. The lowest BCUT2D eigenvalue weighted by molar-refractivity contribution is -0.131. The van der Waals surface area contributed by atoms with E-state index in [-0.39, 0.29) is 17.7 Å². The maximum Gasteiger partial charge on any atom is 0.223 e. The number of benzene rings is 1. The Bertz CT molecular complexity index is 559. The van der Waals surface area contributed by atoms with E-state index in [1.165, 1.54) is 0 Å². The van der Waals surface area contributed by atoms with Crippen LogP contribution in [0.4, 0.5) is 0 Å². The normalized spacial score (nSPS) is 15.1. The van der Waals surface area contributed by atoms with E-state index in [0.29, 0.717) is 37.9 Å². The monoisotopic (exact) mass is 352 g/mol. The Labute approximate surface area is 148 Å². The van der Waals surface area contributed by atoms with E-state index in [0.717, 1.165) is 24.8 Å². The van der Waals surface area contributed by atoms with Crippen LogP contribution in [-0.2, 0) is 20.7 Å². The van der Waals surface area contributed by atoms with Crippen molar-refractivity contribution in [2.75, 3.05) is 32.8 Å². The van der Waals surface area contributed by atoms with Crippen LogP contribution >= 0.6 is 11.6 Å². The molecule has 2 rings (SSSR count). The van der Waals surface area contributed by atoms with Crippen LogP contribution in [0.5, 0.6) is 0 Å². The smallest absolute Gasteiger partial charge is 0.223 e. The molecule has 0 radical (unpaired) electrons. The fourth-order valence-electron chi connectivity index (χ4n) is 2.80. The lowest BCUT2D eigenvalue weighted by Gasteiger charge is -2.24. The summed E-state index contributed by atoms with van der Waals surface area (Å²) in [4.78, 5) is 25.6. The molecule has 1 fully saturated rings. The van der Waals surface area contributed by atoms with Crippen molar-refractivity contribution in [2.45, 2.75) is 26.2 Å². The maximum absolute atomic E-state index is 12.1. The van der Waals surface area contributed by atoms with Crippen LogP contribution < -0.4 is 5.32 Å². The predicted octanol–water partition coefficient (Wildman–Crippen LogP) is 2.27. The molecule has 1 N–H and O–H groups in total. The molecule has 0 aromatic heterocycles. The molecule has 1 aromatic rings. The molecule has 0 bridgehead atoms. The molecular weight excluding hydrogens is 328 g/mol. The summed E-state index contributed by atoms with van der Waals surface area (Å²) >= 11 is 5.98. The molecular formula is C18H25ClN2O3. The summed E-state index contributed by atoms with van der Waals surface area (Å²) in [5.74, 6) is 0.116. The standard InChI is InChI=1S/C18H25ClN2O3/c1-14(22)21(9-5-15-3-2-4-17(19)13-15)10-8-20-18(23)16-6-11-24-12-7-16/h2-4,13,16H,5-12H2,1H3,(H,20,23). The summed E-state index contributed by atoms with van der Waals surface area (Å²) in [5.41, 5.74) is 1.10. The minimum atomic E-state index is 0.0114. The number of carbonyl (C=O) groups excluding carboxylic acids is 2. The summed E-state index contributed by atoms with van der Waals surface area (Å²) in [6, 6.07) is 7.65. The van der Waals surface area contributed by atoms with Gasteiger partial charge in [-0.15, -0.1) is 0 Å². The van der Waals surface area contributed by atoms with Gasteiger partial charge in [0.05, 0.1) is 0 Å². The first-order chi connectivity index (χ1) is 11.6. The Morgan fingerprint density at radius 1 is 1.29 bits per heavy atom. The molecule has 1 aromatic carbocycles. The molecule has 0 spiro atoms. The second-order valence-electron chi connectivity index (χ2n) is 6.06. The maximum atomic E-state index is 12.1. The molecule has 0 aliphatic carbocycles. The number of amides is 2. The van der Waals surface area contributed by atoms with Gasteiger partial charge in [-0.05, 0) is 37.0 Å². The number of nitrogens with one attached hydrogen (secondary N) is 1. The van der Waals surface area contributed by atoms with Crippen molar-refractivity contribution in [2.24, 2.45) is 5.92 Å². The van der Waals surface area contributed by atoms with Crippen LogP contribution in [0, 0.1) is 5.92 Å². The van der Waals surface area contributed by atoms with Gasteiger partial charge in [0, 0.05) is 50.7 Å². The van der Waals surface area contributed by atoms with Crippen molar-refractivity contribution in [3.63, 3.8) is 0 Å². The number of hydrogen-bond donors (Lipinski definition) is 1. The molecule has 6 heteroatoms. The molecule has 5 nitrogen and oxygen atoms in total. The minimum Gasteiger partial charge on any atom is -0.381 e. The highest BCUT2D eigenvalue weighted by atomic mass is 35.5. The number of rotatable bonds is 7. The Hall–Kier alpha value is -1.59. The average molecular weight is 353 g/mol. The number of nitrogens with zero attached hydrogens (tertiary/aromatic N) is 1. The van der Waals surface area contributed by atoms with Crippen molar-refractivity contribution >= 4 is 23.4 Å². The zero-order valence-electron chi connectivity index (χ0n) is 14.1. The largest absolute Gasteiger partial charge is 0.381 e. The van der Waals surface area contributed by atoms with E-state index < -0.39 is 0 Å². The van der Waals surface area contributed by atoms with Crippen molar-refractivity contribution in [1.82, 2.24) is 10.2 Å². The molecule has 2 amide bonds. The third-order valence-corrected chi connectivity index (χ3v) is 4.51. The van der Waals surface area contributed by atoms with Crippen molar-refractivity contribution in [3.05, 3.63) is 34.9 Å². The fraction of sp³-hybridized carbons (Fsp3) is 0.556. The first-order valence-corrected chi connectivity index (χ1v) is 8.79. The molecule has 24 heavy (non-hydrogen) atoms. The van der Waals surface area contributed by atoms with Gasteiger partial charge in [-0.3, -0.25) is 9.59 Å². The second-order valence-corrected chi connectivity index (χ2v) is 6.50. The highest BCUT2D eigenvalue weighted by Crippen LogP contribution is 2.14. The Morgan fingerprint density at radius 2 is 2.04 bits per heavy atom. The first-order valence-electron chi connectivity index (χ1n) is 8.41. The highest BCUT2D eigenvalue weighted by molar-refractivity contribution is 6.30. The third-order valence-electron chi connectivity index (χ3n) is 4.28. The summed E-state index contributed by atoms with van der Waals surface area (Å²) in [7, 11) is 0. The topological polar surface area (TPSA) is 58.6 Å². The average Bonchev–Trinajstić information content (AvgIpc) is 2.58. The lowest BCUT2D eigenvalue weighted by Crippen LogP contribution is -2.41. The summed E-state index contributed by atoms with van der Waals surface area (Å²) < 4.78 is 5.26. The Balaban J connectivity index is 1.74. The van der Waals surface area contributed by atoms with Crippen LogP contribution in [-0.4, -0.2) is 49.6 Å². The predicted molar refractivity (Wildman–Crippen MR) is 94.0 cm³/mol. The Morgan fingerprint density at radius 3 is 2.71 bits per heavy atom. The van der Waals surface area contributed by atoms with Gasteiger partial charge in [-0.25, -0.2) is 0 Å². The van der Waals surface area contributed by atoms with E-state index in [1.807, 2.05) is 24.3 Å². The van der Waals surface area contributed by atoms with E-state index in [2.05, 4.69) is 5.32 Å². The molecule has 0 unspecified atom stereocenters. The summed E-state index contributed by atoms with van der Waals surface area (Å²) in [6.45, 7) is 4.46. The molecule has 1 aliphatic heterocycles. The molecule has 1 heterocycles. The molecule has 132 valence electrons. The van der Waals surface area contributed by atoms with Gasteiger partial charge in [0.25, 0.3) is 0 Å². The molecule has 1 saturated heterocycles. The van der Waals surface area contributed by atoms with Gasteiger partial charge < -0.3 is 15.0 Å². The van der Waals surface area contributed by atoms with Gasteiger partial charge >= 0.3 is 0 Å². The van der Waals surface area contributed by atoms with E-state index >= 15 is 0 Å². The number of carbonyl (C=O) groups is 2. The molecule has 0 saturated carbocycles. The van der Waals surface area contributed by atoms with Crippen LogP contribution in [0.1, 0.15) is 25.3 Å². The van der Waals surface area contributed by atoms with Crippen molar-refractivity contribution in [1.29, 1.82) is 0 Å². The zero-order valence-corrected chi connectivity index (χ0v) is 14.8. The van der Waals surface area contributed by atoms with E-state index in [4.69, 9.17) is 16.3 Å². The van der Waals surface area contributed by atoms with Crippen LogP contribution in [0.25, 0.3) is 0 Å². The van der Waals surface area contributed by atoms with Gasteiger partial charge in [0.15, 0.2) is 0 Å². The van der Waals surface area contributed by atoms with E-state index in [9.17, 15) is 9.59 Å². The zero-order chi connectivity index (χ0) is 17.4. The SMILES string of the molecule is CC(=O)N(CCNC(=O)C1CCOCC1)CCc1cccc(Cl)c1. The highest BCUT2D eigenvalue weighted by Gasteiger charge is 2.21. The number of hydrogen-bond acceptors (Lipinski definition) is 3. The van der Waals surface area contributed by atoms with Crippen LogP contribution in [0.2, 0.25) is 5.02 Å². The summed E-state index contributed by atoms with van der Waals surface area (Å²) in [6.07, 6.45) is 2.29. The third kappa shape index (κ3) is 6.13. The lowest BCUT2D eigenvalue weighted by atomic mass is 9.99. The molecule has 0 atom stereocenters. The fourth-order valence-corrected chi connectivity index (χ4v) is 3.01. The van der Waals surface area contributed by atoms with Crippen LogP contribution in [0.15, 0.2) is 24.3 Å². The van der Waals surface area contributed by atoms with Gasteiger partial charge in [-0.1, -0.05) is 23.7 Å². The Kier molecular flexibility index (Phi) is 7.53.